The monoisotopic (exact) mass is 611 g/mol. The molecule has 0 unspecified atom stereocenters. The molecule has 0 fully saturated rings. The molecule has 0 saturated carbocycles. The van der Waals surface area contributed by atoms with Gasteiger partial charge in [0.15, 0.2) is 0 Å². The van der Waals surface area contributed by atoms with Gasteiger partial charge in [0, 0.05) is 28.0 Å². The largest absolute Gasteiger partial charge is 0.455 e. The van der Waals surface area contributed by atoms with Crippen LogP contribution in [-0.2, 0) is 15.4 Å². The van der Waals surface area contributed by atoms with Gasteiger partial charge in [0.2, 0.25) is 10.0 Å². The van der Waals surface area contributed by atoms with Crippen molar-refractivity contribution in [1.29, 1.82) is 10.5 Å². The van der Waals surface area contributed by atoms with Gasteiger partial charge >= 0.3 is 0 Å². The van der Waals surface area contributed by atoms with Crippen LogP contribution in [0.5, 0.6) is 11.5 Å². The van der Waals surface area contributed by atoms with Gasteiger partial charge in [0.25, 0.3) is 0 Å². The van der Waals surface area contributed by atoms with Crippen LogP contribution in [0.2, 0.25) is 0 Å². The molecule has 0 amide bonds. The lowest BCUT2D eigenvalue weighted by Gasteiger charge is -2.26. The Kier molecular flexibility index (Phi) is 10.2. The van der Waals surface area contributed by atoms with Crippen molar-refractivity contribution in [2.45, 2.75) is 69.1 Å². The minimum Gasteiger partial charge on any atom is -0.455 e. The molecule has 0 aromatic heterocycles. The van der Waals surface area contributed by atoms with Crippen molar-refractivity contribution in [3.63, 3.8) is 0 Å². The molecule has 0 aliphatic rings. The summed E-state index contributed by atoms with van der Waals surface area (Å²) in [5.74, 6) is 1.53. The lowest BCUT2D eigenvalue weighted by atomic mass is 9.82. The molecule has 43 heavy (non-hydrogen) atoms. The Labute approximate surface area is 259 Å². The molecule has 0 spiro atoms. The lowest BCUT2D eigenvalue weighted by molar-refractivity contribution is 0.448. The van der Waals surface area contributed by atoms with Crippen molar-refractivity contribution in [1.82, 2.24) is 4.72 Å². The Morgan fingerprint density at radius 1 is 0.930 bits per heavy atom. The molecule has 0 atom stereocenters. The van der Waals surface area contributed by atoms with E-state index in [0.29, 0.717) is 23.2 Å². The van der Waals surface area contributed by atoms with E-state index in [1.54, 1.807) is 42.1 Å². The number of nitriles is 2. The third-order valence-electron chi connectivity index (χ3n) is 7.16. The summed E-state index contributed by atoms with van der Waals surface area (Å²) < 4.78 is 36.3. The normalized spacial score (nSPS) is 11.7. The summed E-state index contributed by atoms with van der Waals surface area (Å²) >= 11 is 1.69. The van der Waals surface area contributed by atoms with Gasteiger partial charge in [0.05, 0.1) is 11.1 Å². The summed E-state index contributed by atoms with van der Waals surface area (Å²) in [5.41, 5.74) is 2.35. The van der Waals surface area contributed by atoms with Crippen molar-refractivity contribution >= 4 is 32.6 Å². The van der Waals surface area contributed by atoms with Gasteiger partial charge < -0.3 is 4.74 Å². The van der Waals surface area contributed by atoms with E-state index in [1.807, 2.05) is 36.4 Å². The van der Waals surface area contributed by atoms with Crippen molar-refractivity contribution < 1.29 is 13.2 Å². The van der Waals surface area contributed by atoms with E-state index in [1.165, 1.54) is 0 Å². The lowest BCUT2D eigenvalue weighted by Crippen LogP contribution is -2.25. The van der Waals surface area contributed by atoms with E-state index < -0.39 is 15.4 Å². The first kappa shape index (κ1) is 32.1. The second kappa shape index (κ2) is 13.7. The highest BCUT2D eigenvalue weighted by atomic mass is 32.2. The van der Waals surface area contributed by atoms with Gasteiger partial charge in [-0.05, 0) is 58.9 Å². The minimum atomic E-state index is -3.86. The van der Waals surface area contributed by atoms with Crippen LogP contribution in [0.4, 0.5) is 0 Å². The van der Waals surface area contributed by atoms with Crippen LogP contribution in [0.3, 0.4) is 0 Å². The molecule has 1 N–H and O–H groups in total. The van der Waals surface area contributed by atoms with Crippen LogP contribution in [-0.4, -0.2) is 20.7 Å². The average molecular weight is 612 g/mol. The Hall–Kier alpha value is -3.82. The molecule has 4 rings (SSSR count). The summed E-state index contributed by atoms with van der Waals surface area (Å²) in [5, 5.41) is 21.8. The predicted molar refractivity (Wildman–Crippen MR) is 175 cm³/mol. The SMILES string of the molecule is CCCCCNS(=O)(=O)c1ccccc1Oc1c(C(C)(C)C)ccc2cc(C#N)c(C#N)c(-c3cccc(SCC)c3)c12. The maximum absolute atomic E-state index is 13.5. The first-order valence-electron chi connectivity index (χ1n) is 14.5. The number of thioether (sulfide) groups is 1. The van der Waals surface area contributed by atoms with E-state index in [9.17, 15) is 18.9 Å². The van der Waals surface area contributed by atoms with Crippen LogP contribution in [0.15, 0.2) is 76.5 Å². The molecule has 0 heterocycles. The van der Waals surface area contributed by atoms with E-state index in [2.05, 4.69) is 51.5 Å². The Morgan fingerprint density at radius 3 is 2.37 bits per heavy atom. The highest BCUT2D eigenvalue weighted by Crippen LogP contribution is 2.47. The second-order valence-electron chi connectivity index (χ2n) is 11.3. The number of rotatable bonds is 11. The molecule has 6 nitrogen and oxygen atoms in total. The first-order valence-corrected chi connectivity index (χ1v) is 17.0. The van der Waals surface area contributed by atoms with Gasteiger partial charge in [-0.2, -0.15) is 10.5 Å². The molecule has 8 heteroatoms. The zero-order valence-electron chi connectivity index (χ0n) is 25.3. The van der Waals surface area contributed by atoms with E-state index >= 15 is 0 Å². The number of nitrogens with zero attached hydrogens (tertiary/aromatic N) is 2. The van der Waals surface area contributed by atoms with Gasteiger partial charge in [-0.15, -0.1) is 11.8 Å². The summed E-state index contributed by atoms with van der Waals surface area (Å²) in [6.07, 6.45) is 2.66. The predicted octanol–water partition coefficient (Wildman–Crippen LogP) is 8.92. The zero-order valence-corrected chi connectivity index (χ0v) is 27.0. The summed E-state index contributed by atoms with van der Waals surface area (Å²) in [6.45, 7) is 10.7. The molecule has 0 bridgehead atoms. The highest BCUT2D eigenvalue weighted by molar-refractivity contribution is 7.99. The molecule has 0 saturated heterocycles. The number of unbranched alkanes of at least 4 members (excludes halogenated alkanes) is 2. The van der Waals surface area contributed by atoms with E-state index in [4.69, 9.17) is 4.74 Å². The molecular weight excluding hydrogens is 575 g/mol. The molecule has 222 valence electrons. The van der Waals surface area contributed by atoms with Gasteiger partial charge in [-0.3, -0.25) is 0 Å². The molecule has 4 aromatic rings. The molecule has 0 aliphatic heterocycles. The first-order chi connectivity index (χ1) is 20.5. The third-order valence-corrected chi connectivity index (χ3v) is 9.53. The summed E-state index contributed by atoms with van der Waals surface area (Å²) in [4.78, 5) is 1.08. The number of fused-ring (bicyclic) bond motifs is 1. The number of ether oxygens (including phenoxy) is 1. The maximum Gasteiger partial charge on any atom is 0.244 e. The third kappa shape index (κ3) is 7.05. The molecule has 4 aromatic carbocycles. The van der Waals surface area contributed by atoms with E-state index in [-0.39, 0.29) is 21.8 Å². The number of hydrogen-bond donors (Lipinski definition) is 1. The van der Waals surface area contributed by atoms with Crippen molar-refractivity contribution in [2.24, 2.45) is 0 Å². The van der Waals surface area contributed by atoms with Crippen molar-refractivity contribution in [3.8, 4) is 34.8 Å². The number of para-hydroxylation sites is 1. The number of benzene rings is 4. The Bertz CT molecular complexity index is 1830. The fourth-order valence-corrected chi connectivity index (χ4v) is 7.01. The van der Waals surface area contributed by atoms with Crippen LogP contribution in [0, 0.1) is 22.7 Å². The zero-order chi connectivity index (χ0) is 31.2. The number of hydrogen-bond acceptors (Lipinski definition) is 6. The fraction of sp³-hybridized carbons (Fsp3) is 0.314. The van der Waals surface area contributed by atoms with Gasteiger partial charge in [-0.25, -0.2) is 13.1 Å². The highest BCUT2D eigenvalue weighted by Gasteiger charge is 2.28. The molecular formula is C35H37N3O3S2. The fourth-order valence-electron chi connectivity index (χ4n) is 5.09. The van der Waals surface area contributed by atoms with Gasteiger partial charge in [-0.1, -0.05) is 83.9 Å². The smallest absolute Gasteiger partial charge is 0.244 e. The second-order valence-corrected chi connectivity index (χ2v) is 14.4. The average Bonchev–Trinajstić information content (AvgIpc) is 2.98. The van der Waals surface area contributed by atoms with E-state index in [0.717, 1.165) is 46.4 Å². The quantitative estimate of drug-likeness (QED) is 0.134. The minimum absolute atomic E-state index is 0.0420. The van der Waals surface area contributed by atoms with Crippen LogP contribution in [0.25, 0.3) is 21.9 Å². The van der Waals surface area contributed by atoms with Crippen molar-refractivity contribution in [3.05, 3.63) is 83.4 Å². The number of sulfonamides is 1. The summed E-state index contributed by atoms with van der Waals surface area (Å²) in [6, 6.07) is 24.6. The summed E-state index contributed by atoms with van der Waals surface area (Å²) in [7, 11) is -3.86. The van der Waals surface area contributed by atoms with Crippen LogP contribution in [0.1, 0.15) is 70.6 Å². The van der Waals surface area contributed by atoms with Crippen molar-refractivity contribution in [2.75, 3.05) is 12.3 Å². The van der Waals surface area contributed by atoms with Crippen LogP contribution >= 0.6 is 11.8 Å². The standard InChI is InChI=1S/C35H37N3O3S2/c1-6-8-11-19-38-43(39,40)31-16-10-9-15-30(31)41-34-29(35(3,4)5)18-17-25-20-26(22-36)28(23-37)32(33(25)34)24-13-12-14-27(21-24)42-7-2/h9-10,12-18,20-21,38H,6-8,11,19H2,1-5H3. The Morgan fingerprint density at radius 2 is 1.70 bits per heavy atom. The topological polar surface area (TPSA) is 103 Å². The number of nitrogens with one attached hydrogen (secondary N) is 1. The molecule has 0 radical (unpaired) electrons. The van der Waals surface area contributed by atoms with Crippen LogP contribution < -0.4 is 9.46 Å². The Balaban J connectivity index is 2.05. The van der Waals surface area contributed by atoms with Gasteiger partial charge in [0.1, 0.15) is 28.5 Å². The molecule has 0 aliphatic carbocycles. The maximum atomic E-state index is 13.5.